The van der Waals surface area contributed by atoms with Crippen LogP contribution < -0.4 is 0 Å². The van der Waals surface area contributed by atoms with Gasteiger partial charge in [0.05, 0.1) is 0 Å². The molecule has 0 radical (unpaired) electrons. The smallest absolute Gasteiger partial charge is 0.0398 e. The van der Waals surface area contributed by atoms with Crippen molar-refractivity contribution in [2.75, 3.05) is 0 Å². The number of rotatable bonds is 1. The second kappa shape index (κ2) is 6.41. The third-order valence-corrected chi connectivity index (χ3v) is 1.34. The molecule has 12 heavy (non-hydrogen) atoms. The molecule has 0 atom stereocenters. The van der Waals surface area contributed by atoms with E-state index in [-0.39, 0.29) is 0 Å². The van der Waals surface area contributed by atoms with Gasteiger partial charge < -0.3 is 0 Å². The Bertz CT molecular complexity index is 223. The van der Waals surface area contributed by atoms with Gasteiger partial charge in [-0.25, -0.2) is 0 Å². The fourth-order valence-corrected chi connectivity index (χ4v) is 0.807. The maximum Gasteiger partial charge on any atom is -0.0398 e. The van der Waals surface area contributed by atoms with E-state index < -0.39 is 0 Å². The highest BCUT2D eigenvalue weighted by Gasteiger charge is 1.80. The van der Waals surface area contributed by atoms with Gasteiger partial charge in [0.2, 0.25) is 0 Å². The lowest BCUT2D eigenvalue weighted by Crippen LogP contribution is -1.71. The average Bonchev–Trinajstić information content (AvgIpc) is 2.04. The summed E-state index contributed by atoms with van der Waals surface area (Å²) in [5.41, 5.74) is 2.68. The highest BCUT2D eigenvalue weighted by atomic mass is 13.9. The van der Waals surface area contributed by atoms with Crippen molar-refractivity contribution in [3.8, 4) is 0 Å². The second-order valence-corrected chi connectivity index (χ2v) is 2.63. The quantitative estimate of drug-likeness (QED) is 0.550. The van der Waals surface area contributed by atoms with Gasteiger partial charge in [0.15, 0.2) is 0 Å². The van der Waals surface area contributed by atoms with Crippen molar-refractivity contribution in [2.45, 2.75) is 13.8 Å². The van der Waals surface area contributed by atoms with Crippen molar-refractivity contribution in [1.29, 1.82) is 0 Å². The maximum atomic E-state index is 3.36. The van der Waals surface area contributed by atoms with Crippen molar-refractivity contribution < 1.29 is 0 Å². The van der Waals surface area contributed by atoms with Crippen LogP contribution in [0.3, 0.4) is 0 Å². The summed E-state index contributed by atoms with van der Waals surface area (Å²) >= 11 is 0. The van der Waals surface area contributed by atoms with E-state index in [0.29, 0.717) is 0 Å². The molecule has 0 unspecified atom stereocenters. The van der Waals surface area contributed by atoms with Crippen molar-refractivity contribution in [1.82, 2.24) is 0 Å². The van der Waals surface area contributed by atoms with Gasteiger partial charge in [-0.15, -0.1) is 0 Å². The lowest BCUT2D eigenvalue weighted by molar-refractivity contribution is 1.39. The van der Waals surface area contributed by atoms with E-state index in [1.165, 1.54) is 11.1 Å². The van der Waals surface area contributed by atoms with Gasteiger partial charge >= 0.3 is 0 Å². The first-order chi connectivity index (χ1) is 5.70. The molecule has 0 heteroatoms. The predicted molar refractivity (Wildman–Crippen MR) is 56.3 cm³/mol. The third-order valence-electron chi connectivity index (χ3n) is 1.34. The molecule has 0 spiro atoms. The number of hydrogen-bond acceptors (Lipinski definition) is 0. The van der Waals surface area contributed by atoms with Crippen molar-refractivity contribution in [2.24, 2.45) is 0 Å². The molecule has 64 valence electrons. The Morgan fingerprint density at radius 3 is 1.58 bits per heavy atom. The van der Waals surface area contributed by atoms with Gasteiger partial charge in [-0.05, 0) is 13.8 Å². The van der Waals surface area contributed by atoms with Crippen LogP contribution in [0.1, 0.15) is 11.1 Å². The van der Waals surface area contributed by atoms with Crippen LogP contribution in [0.2, 0.25) is 0 Å². The standard InChI is InChI=1S/C8H10.C4H6/c1-7-4-3-5-8(2)6-7;1-3-4-2/h3-6H,1-2H3;3-4H,1-2H2. The van der Waals surface area contributed by atoms with Crippen LogP contribution in [0.25, 0.3) is 0 Å². The molecule has 0 fully saturated rings. The summed E-state index contributed by atoms with van der Waals surface area (Å²) in [6.45, 7) is 10.9. The molecule has 1 rings (SSSR count). The Hall–Kier alpha value is -1.30. The third kappa shape index (κ3) is 5.48. The summed E-state index contributed by atoms with van der Waals surface area (Å²) < 4.78 is 0. The van der Waals surface area contributed by atoms with Crippen LogP contribution in [0, 0.1) is 13.8 Å². The zero-order valence-electron chi connectivity index (χ0n) is 7.88. The normalized spacial score (nSPS) is 7.83. The van der Waals surface area contributed by atoms with Gasteiger partial charge in [0.25, 0.3) is 0 Å². The summed E-state index contributed by atoms with van der Waals surface area (Å²) in [6.07, 6.45) is 3.28. The van der Waals surface area contributed by atoms with E-state index in [0.717, 1.165) is 0 Å². The zero-order valence-corrected chi connectivity index (χ0v) is 7.88. The molecular weight excluding hydrogens is 144 g/mol. The number of allylic oxidation sites excluding steroid dienone is 2. The van der Waals surface area contributed by atoms with E-state index in [1.54, 1.807) is 12.2 Å². The molecule has 0 amide bonds. The van der Waals surface area contributed by atoms with Crippen molar-refractivity contribution in [3.63, 3.8) is 0 Å². The molecule has 0 aliphatic rings. The van der Waals surface area contributed by atoms with E-state index in [1.807, 2.05) is 0 Å². The van der Waals surface area contributed by atoms with E-state index in [4.69, 9.17) is 0 Å². The average molecular weight is 160 g/mol. The minimum absolute atomic E-state index is 1.34. The summed E-state index contributed by atoms with van der Waals surface area (Å²) in [6, 6.07) is 8.45. The van der Waals surface area contributed by atoms with Crippen LogP contribution in [-0.4, -0.2) is 0 Å². The molecule has 1 aromatic rings. The molecule has 1 aromatic carbocycles. The SMILES string of the molecule is C=CC=C.Cc1cccc(C)c1. The largest absolute Gasteiger partial charge is 0.0991 e. The minimum atomic E-state index is 1.34. The molecule has 0 aliphatic carbocycles. The molecular formula is C12H16. The van der Waals surface area contributed by atoms with Gasteiger partial charge in [-0.3, -0.25) is 0 Å². The first-order valence-corrected chi connectivity index (χ1v) is 3.97. The Balaban J connectivity index is 0.000000261. The second-order valence-electron chi connectivity index (χ2n) is 2.63. The van der Waals surface area contributed by atoms with E-state index >= 15 is 0 Å². The van der Waals surface area contributed by atoms with Gasteiger partial charge in [0, 0.05) is 0 Å². The van der Waals surface area contributed by atoms with E-state index in [2.05, 4.69) is 51.3 Å². The molecule has 0 N–H and O–H groups in total. The van der Waals surface area contributed by atoms with Crippen molar-refractivity contribution in [3.05, 3.63) is 60.7 Å². The van der Waals surface area contributed by atoms with Gasteiger partial charge in [-0.1, -0.05) is 60.7 Å². The number of hydrogen-bond donors (Lipinski definition) is 0. The fourth-order valence-electron chi connectivity index (χ4n) is 0.807. The first kappa shape index (κ1) is 10.7. The van der Waals surface area contributed by atoms with Crippen LogP contribution in [0.4, 0.5) is 0 Å². The molecule has 0 nitrogen and oxygen atoms in total. The van der Waals surface area contributed by atoms with Crippen LogP contribution in [0.15, 0.2) is 49.6 Å². The molecule has 0 bridgehead atoms. The molecule has 0 aromatic heterocycles. The lowest BCUT2D eigenvalue weighted by Gasteiger charge is -1.90. The van der Waals surface area contributed by atoms with Crippen LogP contribution >= 0.6 is 0 Å². The highest BCUT2D eigenvalue weighted by molar-refractivity contribution is 5.20. The highest BCUT2D eigenvalue weighted by Crippen LogP contribution is 2.00. The minimum Gasteiger partial charge on any atom is -0.0991 e. The Morgan fingerprint density at radius 2 is 1.42 bits per heavy atom. The monoisotopic (exact) mass is 160 g/mol. The molecule has 0 saturated carbocycles. The Labute approximate surface area is 75.2 Å². The van der Waals surface area contributed by atoms with E-state index in [9.17, 15) is 0 Å². The zero-order chi connectivity index (χ0) is 9.40. The van der Waals surface area contributed by atoms with Gasteiger partial charge in [-0.2, -0.15) is 0 Å². The summed E-state index contributed by atoms with van der Waals surface area (Å²) in [7, 11) is 0. The maximum absolute atomic E-state index is 3.36. The predicted octanol–water partition coefficient (Wildman–Crippen LogP) is 3.66. The summed E-state index contributed by atoms with van der Waals surface area (Å²) in [5, 5.41) is 0. The van der Waals surface area contributed by atoms with Crippen molar-refractivity contribution >= 4 is 0 Å². The molecule has 0 aliphatic heterocycles. The van der Waals surface area contributed by atoms with Crippen LogP contribution in [-0.2, 0) is 0 Å². The summed E-state index contributed by atoms with van der Waals surface area (Å²) in [4.78, 5) is 0. The van der Waals surface area contributed by atoms with Gasteiger partial charge in [0.1, 0.15) is 0 Å². The molecule has 0 heterocycles. The fraction of sp³-hybridized carbons (Fsp3) is 0.167. The Kier molecular flexibility index (Phi) is 5.72. The number of benzene rings is 1. The topological polar surface area (TPSA) is 0 Å². The first-order valence-electron chi connectivity index (χ1n) is 3.97. The number of aryl methyl sites for hydroxylation is 2. The Morgan fingerprint density at radius 1 is 1.00 bits per heavy atom. The lowest BCUT2D eigenvalue weighted by atomic mass is 10.2. The molecule has 0 saturated heterocycles. The summed E-state index contributed by atoms with van der Waals surface area (Å²) in [5.74, 6) is 0. The van der Waals surface area contributed by atoms with Crippen LogP contribution in [0.5, 0.6) is 0 Å².